The van der Waals surface area contributed by atoms with Gasteiger partial charge >= 0.3 is 0 Å². The number of ether oxygens (including phenoxy) is 4. The van der Waals surface area contributed by atoms with Gasteiger partial charge in [-0.05, 0) is 42.5 Å². The van der Waals surface area contributed by atoms with E-state index >= 15 is 0 Å². The van der Waals surface area contributed by atoms with Gasteiger partial charge in [-0.2, -0.15) is 0 Å². The SMILES string of the molecule is CN=C(NCCCOCC1CCCO1)NCc1ccc(OCc2ccccc2)c(OC)c1. The normalized spacial score (nSPS) is 16.1. The van der Waals surface area contributed by atoms with Crippen molar-refractivity contribution in [2.75, 3.05) is 40.5 Å². The predicted molar refractivity (Wildman–Crippen MR) is 126 cm³/mol. The number of hydrogen-bond acceptors (Lipinski definition) is 5. The first-order valence-corrected chi connectivity index (χ1v) is 11.3. The Bertz CT molecular complexity index is 823. The molecule has 1 unspecified atom stereocenters. The molecule has 2 aromatic carbocycles. The zero-order chi connectivity index (χ0) is 22.4. The summed E-state index contributed by atoms with van der Waals surface area (Å²) in [6, 6.07) is 16.0. The van der Waals surface area contributed by atoms with Gasteiger partial charge in [0, 0.05) is 33.4 Å². The van der Waals surface area contributed by atoms with Crippen LogP contribution in [0.1, 0.15) is 30.4 Å². The van der Waals surface area contributed by atoms with E-state index in [1.807, 2.05) is 48.5 Å². The lowest BCUT2D eigenvalue weighted by atomic mass is 10.2. The maximum Gasteiger partial charge on any atom is 0.191 e. The average Bonchev–Trinajstić information content (AvgIpc) is 3.36. The molecular weight excluding hydrogens is 406 g/mol. The maximum absolute atomic E-state index is 5.93. The van der Waals surface area contributed by atoms with Crippen LogP contribution < -0.4 is 20.1 Å². The van der Waals surface area contributed by atoms with E-state index in [4.69, 9.17) is 18.9 Å². The Kier molecular flexibility index (Phi) is 10.2. The van der Waals surface area contributed by atoms with Crippen molar-refractivity contribution in [1.82, 2.24) is 10.6 Å². The second-order valence-corrected chi connectivity index (χ2v) is 7.68. The molecule has 1 aliphatic rings. The Hall–Kier alpha value is -2.77. The summed E-state index contributed by atoms with van der Waals surface area (Å²) in [6.45, 7) is 4.20. The summed E-state index contributed by atoms with van der Waals surface area (Å²) < 4.78 is 22.7. The number of benzene rings is 2. The second kappa shape index (κ2) is 13.6. The minimum atomic E-state index is 0.282. The van der Waals surface area contributed by atoms with Crippen molar-refractivity contribution in [2.24, 2.45) is 4.99 Å². The van der Waals surface area contributed by atoms with E-state index in [2.05, 4.69) is 15.6 Å². The lowest BCUT2D eigenvalue weighted by Gasteiger charge is -2.15. The van der Waals surface area contributed by atoms with Gasteiger partial charge in [0.2, 0.25) is 0 Å². The molecule has 1 heterocycles. The highest BCUT2D eigenvalue weighted by Gasteiger charge is 2.15. The van der Waals surface area contributed by atoms with Gasteiger partial charge in [0.05, 0.1) is 19.8 Å². The van der Waals surface area contributed by atoms with E-state index in [1.54, 1.807) is 14.2 Å². The minimum Gasteiger partial charge on any atom is -0.493 e. The number of rotatable bonds is 12. The van der Waals surface area contributed by atoms with E-state index < -0.39 is 0 Å². The molecule has 3 rings (SSSR count). The molecule has 174 valence electrons. The lowest BCUT2D eigenvalue weighted by Crippen LogP contribution is -2.37. The minimum absolute atomic E-state index is 0.282. The number of nitrogens with zero attached hydrogens (tertiary/aromatic N) is 1. The molecule has 0 bridgehead atoms. The third-order valence-electron chi connectivity index (χ3n) is 5.23. The van der Waals surface area contributed by atoms with Gasteiger partial charge in [0.15, 0.2) is 17.5 Å². The second-order valence-electron chi connectivity index (χ2n) is 7.68. The fourth-order valence-electron chi connectivity index (χ4n) is 3.45. The molecule has 7 heteroatoms. The van der Waals surface area contributed by atoms with Crippen molar-refractivity contribution < 1.29 is 18.9 Å². The van der Waals surface area contributed by atoms with Crippen molar-refractivity contribution in [3.63, 3.8) is 0 Å². The molecule has 1 aliphatic heterocycles. The van der Waals surface area contributed by atoms with Crippen molar-refractivity contribution in [1.29, 1.82) is 0 Å². The van der Waals surface area contributed by atoms with Crippen LogP contribution in [0.5, 0.6) is 11.5 Å². The number of guanidine groups is 1. The Balaban J connectivity index is 1.37. The molecule has 1 fully saturated rings. The highest BCUT2D eigenvalue weighted by molar-refractivity contribution is 5.79. The van der Waals surface area contributed by atoms with Gasteiger partial charge < -0.3 is 29.6 Å². The third-order valence-corrected chi connectivity index (χ3v) is 5.23. The smallest absolute Gasteiger partial charge is 0.191 e. The van der Waals surface area contributed by atoms with Crippen LogP contribution in [0.4, 0.5) is 0 Å². The first kappa shape index (κ1) is 23.9. The van der Waals surface area contributed by atoms with Crippen molar-refractivity contribution in [3.8, 4) is 11.5 Å². The molecule has 1 atom stereocenters. The summed E-state index contributed by atoms with van der Waals surface area (Å²) in [4.78, 5) is 4.28. The van der Waals surface area contributed by atoms with E-state index in [9.17, 15) is 0 Å². The number of aliphatic imine (C=N–C) groups is 1. The van der Waals surface area contributed by atoms with Gasteiger partial charge in [-0.1, -0.05) is 36.4 Å². The van der Waals surface area contributed by atoms with Crippen LogP contribution in [0.3, 0.4) is 0 Å². The van der Waals surface area contributed by atoms with Crippen LogP contribution in [0.2, 0.25) is 0 Å². The highest BCUT2D eigenvalue weighted by Crippen LogP contribution is 2.28. The molecule has 0 amide bonds. The number of hydrogen-bond donors (Lipinski definition) is 2. The van der Waals surface area contributed by atoms with Gasteiger partial charge in [-0.25, -0.2) is 0 Å². The van der Waals surface area contributed by atoms with E-state index in [1.165, 1.54) is 0 Å². The molecular formula is C25H35N3O4. The standard InChI is InChI=1S/C25H35N3O4/c1-26-25(27-13-7-14-30-19-22-10-6-15-31-22)28-17-21-11-12-23(24(16-21)29-2)32-18-20-8-4-3-5-9-20/h3-5,8-9,11-12,16,22H,6-7,10,13-15,17-19H2,1-2H3,(H2,26,27,28). The summed E-state index contributed by atoms with van der Waals surface area (Å²) in [5.74, 6) is 2.20. The monoisotopic (exact) mass is 441 g/mol. The van der Waals surface area contributed by atoms with Crippen LogP contribution in [-0.2, 0) is 22.6 Å². The van der Waals surface area contributed by atoms with Gasteiger partial charge in [0.25, 0.3) is 0 Å². The molecule has 2 aromatic rings. The summed E-state index contributed by atoms with van der Waals surface area (Å²) in [5.41, 5.74) is 2.20. The van der Waals surface area contributed by atoms with Crippen molar-refractivity contribution in [2.45, 2.75) is 38.5 Å². The summed E-state index contributed by atoms with van der Waals surface area (Å²) in [6.07, 6.45) is 3.45. The number of methoxy groups -OCH3 is 1. The molecule has 0 spiro atoms. The maximum atomic E-state index is 5.93. The topological polar surface area (TPSA) is 73.3 Å². The first-order valence-electron chi connectivity index (χ1n) is 11.3. The zero-order valence-corrected chi connectivity index (χ0v) is 19.1. The summed E-state index contributed by atoms with van der Waals surface area (Å²) in [5, 5.41) is 6.65. The molecule has 0 saturated carbocycles. The Morgan fingerprint density at radius 2 is 1.97 bits per heavy atom. The fourth-order valence-corrected chi connectivity index (χ4v) is 3.45. The van der Waals surface area contributed by atoms with E-state index in [0.29, 0.717) is 32.1 Å². The molecule has 0 aliphatic carbocycles. The zero-order valence-electron chi connectivity index (χ0n) is 19.1. The summed E-state index contributed by atoms with van der Waals surface area (Å²) >= 11 is 0. The fraction of sp³-hybridized carbons (Fsp3) is 0.480. The first-order chi connectivity index (χ1) is 15.8. The van der Waals surface area contributed by atoms with E-state index in [0.717, 1.165) is 55.3 Å². The largest absolute Gasteiger partial charge is 0.493 e. The van der Waals surface area contributed by atoms with Crippen LogP contribution in [0.15, 0.2) is 53.5 Å². The molecule has 7 nitrogen and oxygen atoms in total. The van der Waals surface area contributed by atoms with Crippen molar-refractivity contribution >= 4 is 5.96 Å². The predicted octanol–water partition coefficient (Wildman–Crippen LogP) is 3.52. The van der Waals surface area contributed by atoms with Gasteiger partial charge in [-0.15, -0.1) is 0 Å². The number of nitrogens with one attached hydrogen (secondary N) is 2. The van der Waals surface area contributed by atoms with Gasteiger partial charge in [-0.3, -0.25) is 4.99 Å². The van der Waals surface area contributed by atoms with Crippen LogP contribution in [0.25, 0.3) is 0 Å². The van der Waals surface area contributed by atoms with Crippen LogP contribution >= 0.6 is 0 Å². The molecule has 32 heavy (non-hydrogen) atoms. The van der Waals surface area contributed by atoms with Gasteiger partial charge in [0.1, 0.15) is 6.61 Å². The average molecular weight is 442 g/mol. The Labute approximate surface area is 191 Å². The van der Waals surface area contributed by atoms with Crippen molar-refractivity contribution in [3.05, 3.63) is 59.7 Å². The molecule has 0 aromatic heterocycles. The summed E-state index contributed by atoms with van der Waals surface area (Å²) in [7, 11) is 3.42. The van der Waals surface area contributed by atoms with E-state index in [-0.39, 0.29) is 6.10 Å². The molecule has 1 saturated heterocycles. The highest BCUT2D eigenvalue weighted by atomic mass is 16.5. The molecule has 0 radical (unpaired) electrons. The Morgan fingerprint density at radius 1 is 1.09 bits per heavy atom. The Morgan fingerprint density at radius 3 is 2.72 bits per heavy atom. The van der Waals surface area contributed by atoms with Crippen LogP contribution in [0, 0.1) is 0 Å². The lowest BCUT2D eigenvalue weighted by molar-refractivity contribution is 0.0168. The third kappa shape index (κ3) is 8.05. The quantitative estimate of drug-likeness (QED) is 0.298. The van der Waals surface area contributed by atoms with Crippen LogP contribution in [-0.4, -0.2) is 52.6 Å². The molecule has 2 N–H and O–H groups in total.